The number of nitro groups is 1. The molecule has 4 aliphatic carbocycles. The van der Waals surface area contributed by atoms with Crippen molar-refractivity contribution in [3.63, 3.8) is 0 Å². The van der Waals surface area contributed by atoms with Gasteiger partial charge in [0.25, 0.3) is 0 Å². The summed E-state index contributed by atoms with van der Waals surface area (Å²) in [6.07, 6.45) is 7.36. The molecular formula is C17H20N2O5. The predicted octanol–water partition coefficient (Wildman–Crippen LogP) is 2.28. The number of nitrogens with zero attached hydrogens (tertiary/aromatic N) is 2. The van der Waals surface area contributed by atoms with Crippen molar-refractivity contribution in [3.05, 3.63) is 21.9 Å². The van der Waals surface area contributed by atoms with E-state index < -0.39 is 22.3 Å². The average molecular weight is 332 g/mol. The van der Waals surface area contributed by atoms with E-state index >= 15 is 0 Å². The van der Waals surface area contributed by atoms with Gasteiger partial charge in [0, 0.05) is 16.7 Å². The lowest BCUT2D eigenvalue weighted by Crippen LogP contribution is -2.51. The lowest BCUT2D eigenvalue weighted by atomic mass is 9.49. The molecule has 1 heterocycles. The fourth-order valence-corrected chi connectivity index (χ4v) is 5.53. The van der Waals surface area contributed by atoms with Gasteiger partial charge in [-0.1, -0.05) is 0 Å². The van der Waals surface area contributed by atoms with Crippen molar-refractivity contribution >= 4 is 17.6 Å². The summed E-state index contributed by atoms with van der Waals surface area (Å²) in [5, 5.41) is 11.2. The molecule has 0 aromatic carbocycles. The molecule has 4 bridgehead atoms. The third-order valence-electron chi connectivity index (χ3n) is 6.03. The van der Waals surface area contributed by atoms with Crippen molar-refractivity contribution in [2.24, 2.45) is 28.2 Å². The van der Waals surface area contributed by atoms with Gasteiger partial charge in [-0.15, -0.1) is 0 Å². The number of aliphatic imine (C=N–C) groups is 1. The minimum atomic E-state index is -1.70. The number of hydrogen-bond donors (Lipinski definition) is 0. The lowest BCUT2D eigenvalue weighted by molar-refractivity contribution is -0.501. The van der Waals surface area contributed by atoms with Crippen LogP contribution in [-0.2, 0) is 14.3 Å². The highest BCUT2D eigenvalue weighted by molar-refractivity contribution is 6.06. The van der Waals surface area contributed by atoms with Gasteiger partial charge in [-0.05, 0) is 63.2 Å². The highest BCUT2D eigenvalue weighted by Gasteiger charge is 2.56. The number of carbonyl (C=O) groups excluding carboxylic acids is 2. The number of amides is 1. The fraction of sp³-hybridized carbons (Fsp3) is 0.706. The van der Waals surface area contributed by atoms with Gasteiger partial charge in [-0.2, -0.15) is 0 Å². The Hall–Kier alpha value is -2.05. The van der Waals surface area contributed by atoms with Crippen molar-refractivity contribution in [1.82, 2.24) is 0 Å². The SMILES string of the molecule is CC1=NC(=O)C([N+](=O)[O-])C(OC(=O)C23CC4CC(CC(C4)C2)C3)=C1. The third-order valence-corrected chi connectivity index (χ3v) is 6.03. The summed E-state index contributed by atoms with van der Waals surface area (Å²) in [5.74, 6) is 0.259. The van der Waals surface area contributed by atoms with Gasteiger partial charge in [0.05, 0.1) is 5.41 Å². The van der Waals surface area contributed by atoms with Crippen LogP contribution in [0.1, 0.15) is 45.4 Å². The number of carbonyl (C=O) groups is 2. The van der Waals surface area contributed by atoms with Crippen molar-refractivity contribution < 1.29 is 19.2 Å². The number of dihydropyridines is 1. The Balaban J connectivity index is 1.58. The first-order valence-corrected chi connectivity index (χ1v) is 8.53. The minimum absolute atomic E-state index is 0.182. The fourth-order valence-electron chi connectivity index (χ4n) is 5.53. The van der Waals surface area contributed by atoms with E-state index in [1.165, 1.54) is 25.3 Å². The van der Waals surface area contributed by atoms with Crippen LogP contribution >= 0.6 is 0 Å². The molecule has 24 heavy (non-hydrogen) atoms. The first-order valence-electron chi connectivity index (χ1n) is 8.53. The number of ether oxygens (including phenoxy) is 1. The van der Waals surface area contributed by atoms with E-state index in [1.54, 1.807) is 6.92 Å². The summed E-state index contributed by atoms with van der Waals surface area (Å²) in [4.78, 5) is 38.8. The molecule has 5 aliphatic rings. The van der Waals surface area contributed by atoms with Crippen LogP contribution in [0.4, 0.5) is 0 Å². The maximum atomic E-state index is 12.9. The van der Waals surface area contributed by atoms with Crippen molar-refractivity contribution in [3.8, 4) is 0 Å². The zero-order chi connectivity index (χ0) is 17.1. The average Bonchev–Trinajstić information content (AvgIpc) is 2.44. The van der Waals surface area contributed by atoms with Gasteiger partial charge < -0.3 is 4.74 Å². The van der Waals surface area contributed by atoms with Gasteiger partial charge in [0.2, 0.25) is 0 Å². The molecule has 4 fully saturated rings. The Morgan fingerprint density at radius 2 is 1.79 bits per heavy atom. The number of hydrogen-bond acceptors (Lipinski definition) is 5. The van der Waals surface area contributed by atoms with Gasteiger partial charge in [0.1, 0.15) is 0 Å². The first-order chi connectivity index (χ1) is 11.4. The molecule has 0 spiro atoms. The normalized spacial score (nSPS) is 40.1. The van der Waals surface area contributed by atoms with Crippen LogP contribution in [0.15, 0.2) is 16.8 Å². The van der Waals surface area contributed by atoms with E-state index in [2.05, 4.69) is 4.99 Å². The van der Waals surface area contributed by atoms with Crippen LogP contribution in [0.3, 0.4) is 0 Å². The topological polar surface area (TPSA) is 98.9 Å². The summed E-state index contributed by atoms with van der Waals surface area (Å²) < 4.78 is 5.47. The number of allylic oxidation sites excluding steroid dienone is 1. The van der Waals surface area contributed by atoms with Gasteiger partial charge in [-0.3, -0.25) is 19.7 Å². The largest absolute Gasteiger partial charge is 0.423 e. The zero-order valence-electron chi connectivity index (χ0n) is 13.6. The molecule has 7 nitrogen and oxygen atoms in total. The molecule has 0 aromatic rings. The van der Waals surface area contributed by atoms with Crippen molar-refractivity contribution in [1.29, 1.82) is 0 Å². The van der Waals surface area contributed by atoms with E-state index in [0.717, 1.165) is 19.3 Å². The molecular weight excluding hydrogens is 312 g/mol. The Kier molecular flexibility index (Phi) is 3.37. The molecule has 1 unspecified atom stereocenters. The third kappa shape index (κ3) is 2.37. The highest BCUT2D eigenvalue weighted by atomic mass is 16.6. The standard InChI is InChI=1S/C17H20N2O5/c1-9-2-13(14(19(22)23)15(20)18-9)24-16(21)17-6-10-3-11(7-17)5-12(4-10)8-17/h2,10-12,14H,3-8H2,1H3. The maximum Gasteiger partial charge on any atom is 0.348 e. The molecule has 128 valence electrons. The second kappa shape index (κ2) is 5.22. The summed E-state index contributed by atoms with van der Waals surface area (Å²) in [6.45, 7) is 1.56. The molecule has 1 amide bonds. The minimum Gasteiger partial charge on any atom is -0.423 e. The molecule has 1 aliphatic heterocycles. The second-order valence-electron chi connectivity index (χ2n) is 7.91. The van der Waals surface area contributed by atoms with E-state index in [0.29, 0.717) is 23.5 Å². The summed E-state index contributed by atoms with van der Waals surface area (Å²) in [7, 11) is 0. The lowest BCUT2D eigenvalue weighted by Gasteiger charge is -2.55. The first kappa shape index (κ1) is 15.5. The van der Waals surface area contributed by atoms with Crippen LogP contribution < -0.4 is 0 Å². The van der Waals surface area contributed by atoms with Gasteiger partial charge in [-0.25, -0.2) is 4.99 Å². The van der Waals surface area contributed by atoms with Crippen molar-refractivity contribution in [2.75, 3.05) is 0 Å². The molecule has 7 heteroatoms. The van der Waals surface area contributed by atoms with Gasteiger partial charge >= 0.3 is 17.9 Å². The maximum absolute atomic E-state index is 12.9. The number of esters is 1. The Morgan fingerprint density at radius 1 is 1.25 bits per heavy atom. The molecule has 0 N–H and O–H groups in total. The Labute approximate surface area is 139 Å². The zero-order valence-corrected chi connectivity index (χ0v) is 13.6. The molecule has 4 saturated carbocycles. The monoisotopic (exact) mass is 332 g/mol. The van der Waals surface area contributed by atoms with E-state index in [4.69, 9.17) is 4.74 Å². The summed E-state index contributed by atoms with van der Waals surface area (Å²) in [6, 6.07) is -1.70. The summed E-state index contributed by atoms with van der Waals surface area (Å²) >= 11 is 0. The highest BCUT2D eigenvalue weighted by Crippen LogP contribution is 2.60. The smallest absolute Gasteiger partial charge is 0.348 e. The number of rotatable bonds is 3. The van der Waals surface area contributed by atoms with E-state index in [9.17, 15) is 19.7 Å². The molecule has 0 radical (unpaired) electrons. The van der Waals surface area contributed by atoms with Crippen LogP contribution in [0.5, 0.6) is 0 Å². The van der Waals surface area contributed by atoms with Gasteiger partial charge in [0.15, 0.2) is 5.76 Å². The van der Waals surface area contributed by atoms with Crippen LogP contribution in [0.2, 0.25) is 0 Å². The van der Waals surface area contributed by atoms with Crippen LogP contribution in [-0.4, -0.2) is 28.6 Å². The molecule has 0 saturated heterocycles. The van der Waals surface area contributed by atoms with Crippen LogP contribution in [0.25, 0.3) is 0 Å². The molecule has 1 atom stereocenters. The summed E-state index contributed by atoms with van der Waals surface area (Å²) in [5.41, 5.74) is -0.186. The Bertz CT molecular complexity index is 658. The molecule has 0 aromatic heterocycles. The van der Waals surface area contributed by atoms with Crippen molar-refractivity contribution in [2.45, 2.75) is 51.5 Å². The predicted molar refractivity (Wildman–Crippen MR) is 83.7 cm³/mol. The van der Waals surface area contributed by atoms with E-state index in [-0.39, 0.29) is 11.7 Å². The molecule has 5 rings (SSSR count). The second-order valence-corrected chi connectivity index (χ2v) is 7.91. The van der Waals surface area contributed by atoms with E-state index in [1.807, 2.05) is 0 Å². The quantitative estimate of drug-likeness (QED) is 0.448. The van der Waals surface area contributed by atoms with Crippen LogP contribution in [0, 0.1) is 33.3 Å². The Morgan fingerprint density at radius 3 is 2.29 bits per heavy atom.